The molecule has 1 aromatic heterocycles. The molecular weight excluding hydrogens is 532 g/mol. The fourth-order valence-corrected chi connectivity index (χ4v) is 5.98. The number of carboxylic acid groups (broad SMARTS) is 1. The lowest BCUT2D eigenvalue weighted by Gasteiger charge is -2.20. The van der Waals surface area contributed by atoms with Gasteiger partial charge in [-0.15, -0.1) is 11.3 Å². The van der Waals surface area contributed by atoms with Crippen molar-refractivity contribution in [3.8, 4) is 21.9 Å². The molecule has 1 fully saturated rings. The molecule has 0 radical (unpaired) electrons. The highest BCUT2D eigenvalue weighted by atomic mass is 35.5. The molecule has 1 aliphatic carbocycles. The van der Waals surface area contributed by atoms with Crippen LogP contribution in [0.5, 0.6) is 11.5 Å². The molecule has 4 rings (SSSR count). The molecule has 2 aromatic carbocycles. The molecule has 198 valence electrons. The average molecular weight is 557 g/mol. The Labute approximate surface area is 220 Å². The highest BCUT2D eigenvalue weighted by molar-refractivity contribution is 7.19. The van der Waals surface area contributed by atoms with E-state index in [1.807, 2.05) is 6.07 Å². The van der Waals surface area contributed by atoms with Crippen LogP contribution in [-0.2, 0) is 11.4 Å². The summed E-state index contributed by atoms with van der Waals surface area (Å²) in [6, 6.07) is 10.8. The highest BCUT2D eigenvalue weighted by Gasteiger charge is 2.41. The van der Waals surface area contributed by atoms with Crippen molar-refractivity contribution in [3.05, 3.63) is 69.3 Å². The number of benzene rings is 2. The minimum atomic E-state index is -4.60. The number of thiophene rings is 1. The Bertz CT molecular complexity index is 1290. The molecule has 1 N–H and O–H groups in total. The number of hydrogen-bond acceptors (Lipinski definition) is 4. The summed E-state index contributed by atoms with van der Waals surface area (Å²) in [6.07, 6.45) is -2.70. The summed E-state index contributed by atoms with van der Waals surface area (Å²) in [4.78, 5) is 11.4. The minimum Gasteiger partial charge on any atom is -0.497 e. The largest absolute Gasteiger partial charge is 0.497 e. The van der Waals surface area contributed by atoms with Crippen LogP contribution >= 0.6 is 22.9 Å². The fraction of sp³-hybridized carbons (Fsp3) is 0.370. The summed E-state index contributed by atoms with van der Waals surface area (Å²) >= 11 is 7.29. The number of carbonyl (C=O) groups is 1. The van der Waals surface area contributed by atoms with Gasteiger partial charge in [0.15, 0.2) is 0 Å². The van der Waals surface area contributed by atoms with Gasteiger partial charge in [0.2, 0.25) is 0 Å². The maximum absolute atomic E-state index is 14.8. The molecule has 37 heavy (non-hydrogen) atoms. The van der Waals surface area contributed by atoms with Crippen LogP contribution in [0.15, 0.2) is 42.5 Å². The van der Waals surface area contributed by atoms with Gasteiger partial charge < -0.3 is 14.6 Å². The predicted octanol–water partition coefficient (Wildman–Crippen LogP) is 8.43. The predicted molar refractivity (Wildman–Crippen MR) is 134 cm³/mol. The number of carboxylic acids is 1. The van der Waals surface area contributed by atoms with E-state index >= 15 is 0 Å². The molecule has 1 saturated carbocycles. The summed E-state index contributed by atoms with van der Waals surface area (Å²) < 4.78 is 67.6. The molecule has 0 saturated heterocycles. The van der Waals surface area contributed by atoms with Gasteiger partial charge in [-0.2, -0.15) is 13.2 Å². The van der Waals surface area contributed by atoms with Crippen molar-refractivity contribution in [1.82, 2.24) is 0 Å². The van der Waals surface area contributed by atoms with Gasteiger partial charge in [-0.3, -0.25) is 4.79 Å². The highest BCUT2D eigenvalue weighted by Crippen LogP contribution is 2.49. The first-order chi connectivity index (χ1) is 17.5. The van der Waals surface area contributed by atoms with Crippen LogP contribution in [0.4, 0.5) is 17.6 Å². The van der Waals surface area contributed by atoms with Crippen molar-refractivity contribution in [2.24, 2.45) is 5.92 Å². The quantitative estimate of drug-likeness (QED) is 0.255. The molecular formula is C27H25ClF4O4S. The SMILES string of the molecule is COc1ccc(F)c(-c2sc(Cl)c(COc3cccc(C(CC(=O)O)C4CC4)c3)c2C(C)C(F)(F)F)c1. The van der Waals surface area contributed by atoms with E-state index in [1.165, 1.54) is 19.2 Å². The van der Waals surface area contributed by atoms with Crippen LogP contribution in [0.25, 0.3) is 10.4 Å². The zero-order valence-corrected chi connectivity index (χ0v) is 21.6. The lowest BCUT2D eigenvalue weighted by Crippen LogP contribution is -2.19. The number of alkyl halides is 3. The monoisotopic (exact) mass is 556 g/mol. The molecule has 1 aliphatic rings. The number of halogens is 5. The third-order valence-corrected chi connectivity index (χ3v) is 8.12. The van der Waals surface area contributed by atoms with Gasteiger partial charge in [-0.1, -0.05) is 23.7 Å². The summed E-state index contributed by atoms with van der Waals surface area (Å²) in [5.41, 5.74) is 0.754. The normalized spacial score (nSPS) is 15.3. The van der Waals surface area contributed by atoms with Crippen molar-refractivity contribution in [3.63, 3.8) is 0 Å². The number of methoxy groups -OCH3 is 1. The van der Waals surface area contributed by atoms with Crippen LogP contribution in [0, 0.1) is 11.7 Å². The van der Waals surface area contributed by atoms with Gasteiger partial charge in [-0.05, 0) is 73.1 Å². The third-order valence-electron chi connectivity index (χ3n) is 6.60. The second-order valence-corrected chi connectivity index (χ2v) is 10.7. The van der Waals surface area contributed by atoms with E-state index in [0.29, 0.717) is 11.5 Å². The smallest absolute Gasteiger partial charge is 0.395 e. The Hall–Kier alpha value is -2.78. The zero-order chi connectivity index (χ0) is 26.9. The Kier molecular flexibility index (Phi) is 8.04. The molecule has 0 spiro atoms. The first-order valence-corrected chi connectivity index (χ1v) is 12.8. The molecule has 1 heterocycles. The first kappa shape index (κ1) is 27.3. The molecule has 2 unspecified atom stereocenters. The Balaban J connectivity index is 1.69. The van der Waals surface area contributed by atoms with Gasteiger partial charge in [0, 0.05) is 16.0 Å². The standard InChI is InChI=1S/C27H25ClF4O4S/c1-14(27(30,31)32)24-21(26(28)37-25(24)20-11-17(35-2)8-9-22(20)29)13-36-18-5-3-4-16(10-18)19(12-23(33)34)15-6-7-15/h3-5,8-11,14-15,19H,6-7,12-13H2,1-2H3,(H,33,34). The van der Waals surface area contributed by atoms with Gasteiger partial charge in [0.25, 0.3) is 0 Å². The number of ether oxygens (including phenoxy) is 2. The Morgan fingerprint density at radius 3 is 2.54 bits per heavy atom. The molecule has 4 nitrogen and oxygen atoms in total. The van der Waals surface area contributed by atoms with E-state index in [1.54, 1.807) is 18.2 Å². The summed E-state index contributed by atoms with van der Waals surface area (Å²) in [6.45, 7) is 0.739. The van der Waals surface area contributed by atoms with Crippen molar-refractivity contribution in [2.75, 3.05) is 7.11 Å². The summed E-state index contributed by atoms with van der Waals surface area (Å²) in [5, 5.41) is 9.30. The molecule has 10 heteroatoms. The van der Waals surface area contributed by atoms with Crippen molar-refractivity contribution in [1.29, 1.82) is 0 Å². The number of hydrogen-bond donors (Lipinski definition) is 1. The Morgan fingerprint density at radius 1 is 1.19 bits per heavy atom. The van der Waals surface area contributed by atoms with E-state index in [0.717, 1.165) is 42.7 Å². The van der Waals surface area contributed by atoms with E-state index in [2.05, 4.69) is 0 Å². The van der Waals surface area contributed by atoms with E-state index in [9.17, 15) is 27.5 Å². The average Bonchev–Trinajstić information content (AvgIpc) is 3.63. The first-order valence-electron chi connectivity index (χ1n) is 11.7. The lowest BCUT2D eigenvalue weighted by molar-refractivity contribution is -0.146. The van der Waals surface area contributed by atoms with E-state index < -0.39 is 23.9 Å². The molecule has 0 aliphatic heterocycles. The Morgan fingerprint density at radius 2 is 1.92 bits per heavy atom. The summed E-state index contributed by atoms with van der Waals surface area (Å²) in [5.74, 6) is -2.71. The van der Waals surface area contributed by atoms with E-state index in [4.69, 9.17) is 21.1 Å². The zero-order valence-electron chi connectivity index (χ0n) is 20.1. The van der Waals surface area contributed by atoms with Crippen LogP contribution in [0.3, 0.4) is 0 Å². The van der Waals surface area contributed by atoms with Gasteiger partial charge in [0.05, 0.1) is 19.4 Å². The molecule has 3 aromatic rings. The topological polar surface area (TPSA) is 55.8 Å². The van der Waals surface area contributed by atoms with Gasteiger partial charge >= 0.3 is 12.1 Å². The maximum Gasteiger partial charge on any atom is 0.395 e. The van der Waals surface area contributed by atoms with Gasteiger partial charge in [0.1, 0.15) is 28.3 Å². The molecule has 2 atom stereocenters. The minimum absolute atomic E-state index is 0.00676. The van der Waals surface area contributed by atoms with Crippen LogP contribution < -0.4 is 9.47 Å². The van der Waals surface area contributed by atoms with Crippen LogP contribution in [-0.4, -0.2) is 24.4 Å². The molecule has 0 amide bonds. The second-order valence-electron chi connectivity index (χ2n) is 9.11. The fourth-order valence-electron chi connectivity index (χ4n) is 4.44. The maximum atomic E-state index is 14.8. The van der Waals surface area contributed by atoms with Crippen molar-refractivity contribution >= 4 is 28.9 Å². The lowest BCUT2D eigenvalue weighted by atomic mass is 9.91. The molecule has 0 bridgehead atoms. The van der Waals surface area contributed by atoms with Gasteiger partial charge in [-0.25, -0.2) is 4.39 Å². The summed E-state index contributed by atoms with van der Waals surface area (Å²) in [7, 11) is 1.38. The van der Waals surface area contributed by atoms with Crippen LogP contribution in [0.2, 0.25) is 4.34 Å². The second kappa shape index (κ2) is 10.9. The number of aliphatic carboxylic acids is 1. The number of rotatable bonds is 10. The van der Waals surface area contributed by atoms with Crippen LogP contribution in [0.1, 0.15) is 54.7 Å². The third kappa shape index (κ3) is 6.21. The van der Waals surface area contributed by atoms with Crippen molar-refractivity contribution in [2.45, 2.75) is 50.8 Å². The van der Waals surface area contributed by atoms with E-state index in [-0.39, 0.29) is 50.8 Å². The van der Waals surface area contributed by atoms with Crippen molar-refractivity contribution < 1.29 is 36.9 Å².